The average Bonchev–Trinajstić information content (AvgIpc) is 1.73. The first-order valence-corrected chi connectivity index (χ1v) is 33.0. The first kappa shape index (κ1) is 63.2. The van der Waals surface area contributed by atoms with Gasteiger partial charge in [-0.2, -0.15) is 30.9 Å². The van der Waals surface area contributed by atoms with Crippen LogP contribution < -0.4 is 5.32 Å². The number of nitrogens with zero attached hydrogens (tertiary/aromatic N) is 16. The van der Waals surface area contributed by atoms with Crippen molar-refractivity contribution in [2.24, 2.45) is 0 Å². The van der Waals surface area contributed by atoms with Gasteiger partial charge in [-0.1, -0.05) is 48.0 Å². The van der Waals surface area contributed by atoms with E-state index in [1.54, 1.807) is 18.3 Å². The number of nitrogens with one attached hydrogen (secondary N) is 1. The number of pyridine rings is 4. The van der Waals surface area contributed by atoms with Crippen LogP contribution in [0.4, 0.5) is 4.39 Å². The van der Waals surface area contributed by atoms with Gasteiger partial charge in [-0.15, -0.1) is 0 Å². The highest BCUT2D eigenvalue weighted by molar-refractivity contribution is 6.30. The largest absolute Gasteiger partial charge is 0.381 e. The summed E-state index contributed by atoms with van der Waals surface area (Å²) in [7, 11) is 2.17. The second kappa shape index (κ2) is 29.1. The molecule has 4 saturated heterocycles. The van der Waals surface area contributed by atoms with Crippen molar-refractivity contribution in [3.05, 3.63) is 193 Å². The van der Waals surface area contributed by atoms with Crippen LogP contribution in [0.25, 0.3) is 88.6 Å². The summed E-state index contributed by atoms with van der Waals surface area (Å²) in [5.41, 5.74) is 13.6. The van der Waals surface area contributed by atoms with Gasteiger partial charge in [0.25, 0.3) is 0 Å². The first-order chi connectivity index (χ1) is 46.1. The van der Waals surface area contributed by atoms with Crippen molar-refractivity contribution in [3.8, 4) is 57.2 Å². The van der Waals surface area contributed by atoms with E-state index in [1.807, 2.05) is 134 Å². The van der Waals surface area contributed by atoms with Gasteiger partial charge < -0.3 is 19.9 Å². The highest BCUT2D eigenvalue weighted by Gasteiger charge is 2.28. The maximum atomic E-state index is 13.2. The lowest BCUT2D eigenvalue weighted by atomic mass is 10.0. The van der Waals surface area contributed by atoms with E-state index in [-0.39, 0.29) is 5.82 Å². The Hall–Kier alpha value is -9.60. The maximum absolute atomic E-state index is 13.2. The monoisotopic (exact) mass is 1270 g/mol. The molecule has 94 heavy (non-hydrogen) atoms. The fourth-order valence-electron chi connectivity index (χ4n) is 13.4. The molecule has 1 N–H and O–H groups in total. The summed E-state index contributed by atoms with van der Waals surface area (Å²) in [6.45, 7) is 12.6. The molecule has 18 nitrogen and oxygen atoms in total. The summed E-state index contributed by atoms with van der Waals surface area (Å²) >= 11 is 6.04. The Morgan fingerprint density at radius 2 is 0.787 bits per heavy atom. The molecule has 0 amide bonds. The van der Waals surface area contributed by atoms with Crippen LogP contribution in [0, 0.1) is 28.5 Å². The lowest BCUT2D eigenvalue weighted by Gasteiger charge is -2.34. The lowest BCUT2D eigenvalue weighted by molar-refractivity contribution is 0.0675. The van der Waals surface area contributed by atoms with Crippen LogP contribution >= 0.6 is 11.6 Å². The Kier molecular flexibility index (Phi) is 19.6. The van der Waals surface area contributed by atoms with Crippen LogP contribution in [0.3, 0.4) is 0 Å². The minimum Gasteiger partial charge on any atom is -0.381 e. The van der Waals surface area contributed by atoms with Crippen LogP contribution in [-0.4, -0.2) is 134 Å². The van der Waals surface area contributed by atoms with Gasteiger partial charge in [0.2, 0.25) is 0 Å². The first-order valence-electron chi connectivity index (χ1n) is 32.6. The number of likely N-dealkylation sites (tertiary alicyclic amines) is 2. The third-order valence-corrected chi connectivity index (χ3v) is 18.9. The quantitative estimate of drug-likeness (QED) is 0.143. The molecular formula is C74H75ClFN17O. The molecule has 0 atom stereocenters. The van der Waals surface area contributed by atoms with Gasteiger partial charge in [0.1, 0.15) is 28.6 Å². The number of ether oxygens (including phenoxy) is 1. The zero-order valence-corrected chi connectivity index (χ0v) is 53.9. The third-order valence-electron chi connectivity index (χ3n) is 18.6. The van der Waals surface area contributed by atoms with Gasteiger partial charge in [0.15, 0.2) is 0 Å². The molecule has 4 aliphatic rings. The predicted octanol–water partition coefficient (Wildman–Crippen LogP) is 14.5. The van der Waals surface area contributed by atoms with Crippen molar-refractivity contribution >= 4 is 55.2 Å². The fourth-order valence-corrected chi connectivity index (χ4v) is 13.5. The van der Waals surface area contributed by atoms with Crippen molar-refractivity contribution in [1.29, 1.82) is 10.5 Å². The molecule has 0 bridgehead atoms. The highest BCUT2D eigenvalue weighted by Crippen LogP contribution is 2.37. The van der Waals surface area contributed by atoms with Gasteiger partial charge >= 0.3 is 0 Å². The second-order valence-electron chi connectivity index (χ2n) is 24.9. The van der Waals surface area contributed by atoms with Crippen molar-refractivity contribution in [3.63, 3.8) is 0 Å². The SMILES string of the molecule is CC(C)N1CCC(n2nc(-c3ccc(Cl)cc3)c3cnccc32)CC1.CN1CCC(n2nc(-c3ccc(C#N)cc3)c3cnccc32)CC1.Fc1ccc(-c2nn(C3CCNCC3)c3ccncc23)cc1.N#Cc1ccc(-c2nn(C3CCOCC3)c3ccncc23)cc1. The van der Waals surface area contributed by atoms with Gasteiger partial charge in [0, 0.05) is 131 Å². The van der Waals surface area contributed by atoms with E-state index in [2.05, 4.69) is 92.9 Å². The molecule has 20 heteroatoms. The molecule has 12 heterocycles. The summed E-state index contributed by atoms with van der Waals surface area (Å²) in [6, 6.07) is 44.3. The van der Waals surface area contributed by atoms with Crippen LogP contribution in [0.5, 0.6) is 0 Å². The lowest BCUT2D eigenvalue weighted by Crippen LogP contribution is -2.39. The molecule has 4 fully saturated rings. The topological polar surface area (TPSA) is 198 Å². The Morgan fingerprint density at radius 1 is 0.457 bits per heavy atom. The van der Waals surface area contributed by atoms with E-state index in [0.29, 0.717) is 41.3 Å². The second-order valence-corrected chi connectivity index (χ2v) is 25.3. The number of hydrogen-bond donors (Lipinski definition) is 1. The summed E-state index contributed by atoms with van der Waals surface area (Å²) < 4.78 is 27.3. The smallest absolute Gasteiger partial charge is 0.123 e. The number of aromatic nitrogens is 12. The fraction of sp³-hybridized carbons (Fsp3) is 0.324. The molecule has 476 valence electrons. The number of hydrogen-bond acceptors (Lipinski definition) is 14. The van der Waals surface area contributed by atoms with Gasteiger partial charge in [-0.3, -0.25) is 38.7 Å². The number of halogens is 2. The molecule has 4 aromatic carbocycles. The van der Waals surface area contributed by atoms with E-state index in [4.69, 9.17) is 47.3 Å². The Labute approximate surface area is 551 Å². The Balaban J connectivity index is 0.000000114. The molecular weight excluding hydrogens is 1200 g/mol. The Bertz CT molecular complexity index is 4600. The van der Waals surface area contributed by atoms with Crippen molar-refractivity contribution in [1.82, 2.24) is 74.2 Å². The van der Waals surface area contributed by atoms with Crippen molar-refractivity contribution in [2.45, 2.75) is 95.4 Å². The summed E-state index contributed by atoms with van der Waals surface area (Å²) in [5.74, 6) is -0.232. The number of benzene rings is 4. The molecule has 0 unspecified atom stereocenters. The van der Waals surface area contributed by atoms with E-state index < -0.39 is 0 Å². The molecule has 4 aliphatic heterocycles. The van der Waals surface area contributed by atoms with Gasteiger partial charge in [0.05, 0.1) is 69.5 Å². The number of nitriles is 2. The molecule has 0 aliphatic carbocycles. The van der Waals surface area contributed by atoms with Crippen molar-refractivity contribution in [2.75, 3.05) is 59.5 Å². The van der Waals surface area contributed by atoms with E-state index in [9.17, 15) is 4.39 Å². The van der Waals surface area contributed by atoms with Gasteiger partial charge in [-0.25, -0.2) is 4.39 Å². The minimum atomic E-state index is -0.232. The van der Waals surface area contributed by atoms with Crippen LogP contribution in [0.15, 0.2) is 171 Å². The van der Waals surface area contributed by atoms with E-state index in [1.165, 1.54) is 17.6 Å². The maximum Gasteiger partial charge on any atom is 0.123 e. The standard InChI is InChI=1S/C20H23ClN4.C19H19N5.C18H16N4O.C17H17FN4/c1-14(2)24-11-8-17(9-12-24)25-19-7-10-22-13-18(19)20(23-25)15-3-5-16(21)6-4-15;1-23-10-7-16(8-11-23)24-18-6-9-21-13-17(18)19(22-24)15-4-2-14(12-20)3-5-15;19-11-13-1-3-14(4-2-13)18-16-12-20-8-5-17(16)22(21-18)15-6-9-23-10-7-15;18-13-3-1-12(2-4-13)17-15-11-20-10-7-16(15)22(21-17)14-5-8-19-9-6-14/h3-7,10,13-14,17H,8-9,11-12H2,1-2H3;2-6,9,13,16H,7-8,10-11H2,1H3;1-5,8,12,15H,6-7,9-10H2;1-4,7,10-11,14,19H,5-6,8-9H2. The highest BCUT2D eigenvalue weighted by atomic mass is 35.5. The molecule has 0 spiro atoms. The zero-order chi connectivity index (χ0) is 64.5. The summed E-state index contributed by atoms with van der Waals surface area (Å²) in [5, 5.41) is 46.0. The van der Waals surface area contributed by atoms with Crippen LogP contribution in [-0.2, 0) is 4.74 Å². The van der Waals surface area contributed by atoms with Crippen molar-refractivity contribution < 1.29 is 9.13 Å². The summed E-state index contributed by atoms with van der Waals surface area (Å²) in [4.78, 5) is 22.0. The average molecular weight is 1270 g/mol. The predicted molar refractivity (Wildman–Crippen MR) is 367 cm³/mol. The normalized spacial score (nSPS) is 16.3. The Morgan fingerprint density at radius 3 is 1.15 bits per heavy atom. The molecule has 0 saturated carbocycles. The molecule has 0 radical (unpaired) electrons. The molecule has 16 rings (SSSR count). The van der Waals surface area contributed by atoms with E-state index >= 15 is 0 Å². The summed E-state index contributed by atoms with van der Waals surface area (Å²) in [6.07, 6.45) is 23.4. The molecule has 8 aromatic heterocycles. The van der Waals surface area contributed by atoms with E-state index in [0.717, 1.165) is 192 Å². The van der Waals surface area contributed by atoms with Gasteiger partial charge in [-0.05, 0) is 183 Å². The van der Waals surface area contributed by atoms with Crippen LogP contribution in [0.1, 0.15) is 101 Å². The third kappa shape index (κ3) is 13.9. The minimum absolute atomic E-state index is 0.232. The number of fused-ring (bicyclic) bond motifs is 4. The number of rotatable bonds is 9. The molecule has 12 aromatic rings. The zero-order valence-electron chi connectivity index (χ0n) is 53.2. The number of piperidine rings is 3. The van der Waals surface area contributed by atoms with Crippen LogP contribution in [0.2, 0.25) is 5.02 Å².